The van der Waals surface area contributed by atoms with Gasteiger partial charge in [-0.1, -0.05) is 6.07 Å². The van der Waals surface area contributed by atoms with Gasteiger partial charge < -0.3 is 15.1 Å². The molecule has 1 aromatic carbocycles. The summed E-state index contributed by atoms with van der Waals surface area (Å²) >= 11 is 0. The van der Waals surface area contributed by atoms with Crippen LogP contribution in [0.4, 0.5) is 10.1 Å². The summed E-state index contributed by atoms with van der Waals surface area (Å²) in [5.41, 5.74) is 2.51. The van der Waals surface area contributed by atoms with Crippen molar-refractivity contribution >= 4 is 11.6 Å². The number of nitrogens with one attached hydrogen (secondary N) is 1. The fourth-order valence-corrected chi connectivity index (χ4v) is 1.79. The van der Waals surface area contributed by atoms with E-state index in [1.54, 1.807) is 11.0 Å². The highest BCUT2D eigenvalue weighted by atomic mass is 19.1. The second-order valence-corrected chi connectivity index (χ2v) is 3.71. The Bertz CT molecular complexity index is 419. The van der Waals surface area contributed by atoms with E-state index in [4.69, 9.17) is 10.6 Å². The average molecular weight is 239 g/mol. The molecule has 0 radical (unpaired) electrons. The first kappa shape index (κ1) is 11.8. The molecule has 0 bridgehead atoms. The Labute approximate surface area is 98.3 Å². The number of nitrogen functional groups attached to an aromatic ring is 1. The van der Waals surface area contributed by atoms with Crippen LogP contribution in [0, 0.1) is 5.82 Å². The van der Waals surface area contributed by atoms with E-state index < -0.39 is 5.82 Å². The first-order valence-corrected chi connectivity index (χ1v) is 5.36. The van der Waals surface area contributed by atoms with Gasteiger partial charge in [0.15, 0.2) is 0 Å². The number of hydrazine groups is 1. The van der Waals surface area contributed by atoms with Crippen LogP contribution in [0.5, 0.6) is 0 Å². The van der Waals surface area contributed by atoms with Crippen molar-refractivity contribution in [2.24, 2.45) is 5.84 Å². The van der Waals surface area contributed by atoms with Crippen LogP contribution in [0.15, 0.2) is 18.2 Å². The van der Waals surface area contributed by atoms with E-state index in [9.17, 15) is 9.18 Å². The Morgan fingerprint density at radius 3 is 2.76 bits per heavy atom. The van der Waals surface area contributed by atoms with Crippen molar-refractivity contribution in [3.63, 3.8) is 0 Å². The number of carbonyl (C=O) groups is 1. The molecule has 1 aliphatic heterocycles. The second kappa shape index (κ2) is 5.11. The third-order valence-corrected chi connectivity index (χ3v) is 2.69. The Morgan fingerprint density at radius 1 is 1.41 bits per heavy atom. The highest BCUT2D eigenvalue weighted by molar-refractivity contribution is 5.99. The summed E-state index contributed by atoms with van der Waals surface area (Å²) in [6.45, 7) is 2.04. The van der Waals surface area contributed by atoms with Crippen LogP contribution in [-0.2, 0) is 4.74 Å². The van der Waals surface area contributed by atoms with Crippen LogP contribution in [-0.4, -0.2) is 37.1 Å². The predicted octanol–water partition coefficient (Wildman–Crippen LogP) is 0.584. The van der Waals surface area contributed by atoms with Gasteiger partial charge in [0.2, 0.25) is 0 Å². The molecule has 0 aliphatic carbocycles. The summed E-state index contributed by atoms with van der Waals surface area (Å²) in [5.74, 6) is 4.46. The monoisotopic (exact) mass is 239 g/mol. The van der Waals surface area contributed by atoms with Crippen LogP contribution in [0.1, 0.15) is 10.4 Å². The standard InChI is InChI=1S/C11H14FN3O2/c12-9-3-1-2-8(10(9)14-13)11(16)15-4-6-17-7-5-15/h1-3,14H,4-7,13H2. The summed E-state index contributed by atoms with van der Waals surface area (Å²) in [5, 5.41) is 0. The van der Waals surface area contributed by atoms with Crippen LogP contribution in [0.3, 0.4) is 0 Å². The number of rotatable bonds is 2. The van der Waals surface area contributed by atoms with Gasteiger partial charge in [-0.2, -0.15) is 0 Å². The SMILES string of the molecule is NNc1c(F)cccc1C(=O)N1CCOCC1. The van der Waals surface area contributed by atoms with Crippen molar-refractivity contribution in [1.29, 1.82) is 0 Å². The zero-order valence-electron chi connectivity index (χ0n) is 9.28. The topological polar surface area (TPSA) is 67.6 Å². The maximum atomic E-state index is 13.4. The molecule has 1 aromatic rings. The number of halogens is 1. The molecular formula is C11H14FN3O2. The maximum Gasteiger partial charge on any atom is 0.256 e. The number of para-hydroxylation sites is 1. The molecule has 17 heavy (non-hydrogen) atoms. The first-order chi connectivity index (χ1) is 8.24. The molecule has 92 valence electrons. The Morgan fingerprint density at radius 2 is 2.12 bits per heavy atom. The molecule has 0 unspecified atom stereocenters. The number of morpholine rings is 1. The van der Waals surface area contributed by atoms with Gasteiger partial charge in [-0.15, -0.1) is 0 Å². The zero-order chi connectivity index (χ0) is 12.3. The summed E-state index contributed by atoms with van der Waals surface area (Å²) < 4.78 is 18.6. The highest BCUT2D eigenvalue weighted by Crippen LogP contribution is 2.20. The van der Waals surface area contributed by atoms with Gasteiger partial charge in [0.25, 0.3) is 5.91 Å². The van der Waals surface area contributed by atoms with Gasteiger partial charge in [0.05, 0.1) is 24.5 Å². The van der Waals surface area contributed by atoms with Gasteiger partial charge >= 0.3 is 0 Å². The first-order valence-electron chi connectivity index (χ1n) is 5.36. The predicted molar refractivity (Wildman–Crippen MR) is 60.9 cm³/mol. The molecule has 0 spiro atoms. The fraction of sp³-hybridized carbons (Fsp3) is 0.364. The van der Waals surface area contributed by atoms with E-state index in [2.05, 4.69) is 5.43 Å². The lowest BCUT2D eigenvalue weighted by atomic mass is 10.1. The van der Waals surface area contributed by atoms with Gasteiger partial charge in [-0.3, -0.25) is 10.6 Å². The summed E-state index contributed by atoms with van der Waals surface area (Å²) in [6.07, 6.45) is 0. The third-order valence-electron chi connectivity index (χ3n) is 2.69. The number of hydrogen-bond acceptors (Lipinski definition) is 4. The number of benzene rings is 1. The molecule has 1 aliphatic rings. The lowest BCUT2D eigenvalue weighted by Gasteiger charge is -2.27. The minimum atomic E-state index is -0.536. The molecule has 0 atom stereocenters. The van der Waals surface area contributed by atoms with E-state index in [0.29, 0.717) is 26.3 Å². The van der Waals surface area contributed by atoms with E-state index in [1.165, 1.54) is 12.1 Å². The molecule has 1 fully saturated rings. The molecule has 1 saturated heterocycles. The van der Waals surface area contributed by atoms with E-state index in [0.717, 1.165) is 0 Å². The van der Waals surface area contributed by atoms with Gasteiger partial charge in [0.1, 0.15) is 5.82 Å². The number of amides is 1. The number of nitrogens with zero attached hydrogens (tertiary/aromatic N) is 1. The lowest BCUT2D eigenvalue weighted by molar-refractivity contribution is 0.0303. The Kier molecular flexibility index (Phi) is 3.55. The van der Waals surface area contributed by atoms with Crippen LogP contribution in [0.25, 0.3) is 0 Å². The van der Waals surface area contributed by atoms with Crippen LogP contribution < -0.4 is 11.3 Å². The third kappa shape index (κ3) is 2.37. The van der Waals surface area contributed by atoms with Gasteiger partial charge in [-0.05, 0) is 12.1 Å². The number of nitrogens with two attached hydrogens (primary N) is 1. The smallest absolute Gasteiger partial charge is 0.256 e. The fourth-order valence-electron chi connectivity index (χ4n) is 1.79. The number of carbonyl (C=O) groups excluding carboxylic acids is 1. The van der Waals surface area contributed by atoms with Crippen molar-refractivity contribution in [2.75, 3.05) is 31.7 Å². The lowest BCUT2D eigenvalue weighted by Crippen LogP contribution is -2.41. The second-order valence-electron chi connectivity index (χ2n) is 3.71. The van der Waals surface area contributed by atoms with Crippen molar-refractivity contribution in [2.45, 2.75) is 0 Å². The minimum Gasteiger partial charge on any atom is -0.378 e. The average Bonchev–Trinajstić information content (AvgIpc) is 2.38. The summed E-state index contributed by atoms with van der Waals surface area (Å²) in [4.78, 5) is 13.8. The van der Waals surface area contributed by atoms with E-state index >= 15 is 0 Å². The van der Waals surface area contributed by atoms with Gasteiger partial charge in [0, 0.05) is 13.1 Å². The minimum absolute atomic E-state index is 0.0315. The molecular weight excluding hydrogens is 225 g/mol. The molecule has 3 N–H and O–H groups in total. The highest BCUT2D eigenvalue weighted by Gasteiger charge is 2.22. The molecule has 1 amide bonds. The normalized spacial score (nSPS) is 15.8. The van der Waals surface area contributed by atoms with Crippen molar-refractivity contribution in [3.05, 3.63) is 29.6 Å². The quantitative estimate of drug-likeness (QED) is 0.585. The van der Waals surface area contributed by atoms with Crippen LogP contribution in [0.2, 0.25) is 0 Å². The number of ether oxygens (including phenoxy) is 1. The van der Waals surface area contributed by atoms with Crippen molar-refractivity contribution in [3.8, 4) is 0 Å². The molecule has 6 heteroatoms. The molecule has 2 rings (SSSR count). The van der Waals surface area contributed by atoms with E-state index in [1.807, 2.05) is 0 Å². The Hall–Kier alpha value is -1.66. The number of hydrogen-bond donors (Lipinski definition) is 2. The molecule has 0 saturated carbocycles. The molecule has 5 nitrogen and oxygen atoms in total. The van der Waals surface area contributed by atoms with Crippen molar-refractivity contribution < 1.29 is 13.9 Å². The van der Waals surface area contributed by atoms with Crippen molar-refractivity contribution in [1.82, 2.24) is 4.90 Å². The maximum absolute atomic E-state index is 13.4. The van der Waals surface area contributed by atoms with E-state index in [-0.39, 0.29) is 17.2 Å². The zero-order valence-corrected chi connectivity index (χ0v) is 9.28. The number of anilines is 1. The molecule has 0 aromatic heterocycles. The summed E-state index contributed by atoms with van der Waals surface area (Å²) in [6, 6.07) is 4.30. The Balaban J connectivity index is 2.26. The summed E-state index contributed by atoms with van der Waals surface area (Å²) in [7, 11) is 0. The van der Waals surface area contributed by atoms with Gasteiger partial charge in [-0.25, -0.2) is 4.39 Å². The largest absolute Gasteiger partial charge is 0.378 e. The molecule has 1 heterocycles. The van der Waals surface area contributed by atoms with Crippen LogP contribution >= 0.6 is 0 Å².